The number of hydrogen-bond donors (Lipinski definition) is 1. The van der Waals surface area contributed by atoms with Gasteiger partial charge >= 0.3 is 0 Å². The Hall–Kier alpha value is -2.10. The molecule has 0 unspecified atom stereocenters. The van der Waals surface area contributed by atoms with E-state index in [0.717, 1.165) is 30.2 Å². The number of aryl methyl sites for hydroxylation is 1. The molecule has 0 saturated carbocycles. The summed E-state index contributed by atoms with van der Waals surface area (Å²) >= 11 is 0. The number of aromatic nitrogens is 2. The summed E-state index contributed by atoms with van der Waals surface area (Å²) in [6, 6.07) is 8.57. The molecule has 0 aliphatic carbocycles. The Morgan fingerprint density at radius 2 is 2.05 bits per heavy atom. The van der Waals surface area contributed by atoms with E-state index in [2.05, 4.69) is 65.3 Å². The van der Waals surface area contributed by atoms with Crippen molar-refractivity contribution >= 4 is 11.6 Å². The third kappa shape index (κ3) is 3.07. The third-order valence-corrected chi connectivity index (χ3v) is 3.38. The minimum Gasteiger partial charge on any atom is -0.373 e. The maximum absolute atomic E-state index is 4.45. The van der Waals surface area contributed by atoms with E-state index in [4.69, 9.17) is 0 Å². The van der Waals surface area contributed by atoms with Gasteiger partial charge in [-0.15, -0.1) is 0 Å². The molecule has 1 heterocycles. The van der Waals surface area contributed by atoms with Crippen LogP contribution in [0.3, 0.4) is 0 Å². The highest BCUT2D eigenvalue weighted by atomic mass is 15.2. The summed E-state index contributed by atoms with van der Waals surface area (Å²) in [6.07, 6.45) is 2.53. The first-order valence-electron chi connectivity index (χ1n) is 6.94. The van der Waals surface area contributed by atoms with Crippen LogP contribution in [0, 0.1) is 6.92 Å². The lowest BCUT2D eigenvalue weighted by molar-refractivity contribution is 0.870. The summed E-state index contributed by atoms with van der Waals surface area (Å²) in [6.45, 7) is 5.09. The van der Waals surface area contributed by atoms with Gasteiger partial charge in [0.1, 0.15) is 18.0 Å². The van der Waals surface area contributed by atoms with Crippen molar-refractivity contribution in [2.24, 2.45) is 0 Å². The van der Waals surface area contributed by atoms with Crippen molar-refractivity contribution in [3.63, 3.8) is 0 Å². The molecule has 0 spiro atoms. The maximum Gasteiger partial charge on any atom is 0.137 e. The summed E-state index contributed by atoms with van der Waals surface area (Å²) in [5.41, 5.74) is 3.73. The number of nitrogens with zero attached hydrogens (tertiary/aromatic N) is 3. The highest BCUT2D eigenvalue weighted by Gasteiger charge is 2.12. The second kappa shape index (κ2) is 6.37. The number of benzene rings is 1. The molecule has 0 aliphatic heterocycles. The zero-order valence-corrected chi connectivity index (χ0v) is 12.6. The fourth-order valence-electron chi connectivity index (χ4n) is 2.43. The van der Waals surface area contributed by atoms with E-state index in [1.165, 1.54) is 11.1 Å². The van der Waals surface area contributed by atoms with Gasteiger partial charge in [0.25, 0.3) is 0 Å². The number of nitrogens with one attached hydrogen (secondary N) is 1. The minimum atomic E-state index is 0.842. The minimum absolute atomic E-state index is 0.842. The normalized spacial score (nSPS) is 10.4. The second-order valence-corrected chi connectivity index (χ2v) is 4.97. The highest BCUT2D eigenvalue weighted by molar-refractivity contribution is 5.58. The zero-order valence-electron chi connectivity index (χ0n) is 12.6. The van der Waals surface area contributed by atoms with E-state index < -0.39 is 0 Å². The van der Waals surface area contributed by atoms with Gasteiger partial charge in [-0.1, -0.05) is 36.8 Å². The molecule has 0 atom stereocenters. The van der Waals surface area contributed by atoms with E-state index in [1.807, 2.05) is 7.05 Å². The van der Waals surface area contributed by atoms with Crippen molar-refractivity contribution in [2.75, 3.05) is 24.3 Å². The molecule has 4 heteroatoms. The first-order chi connectivity index (χ1) is 9.65. The van der Waals surface area contributed by atoms with Crippen LogP contribution in [-0.2, 0) is 13.0 Å². The molecule has 0 radical (unpaired) electrons. The number of anilines is 2. The second-order valence-electron chi connectivity index (χ2n) is 4.97. The molecule has 2 aromatic rings. The molecule has 2 rings (SSSR count). The molecule has 0 amide bonds. The maximum atomic E-state index is 4.45. The van der Waals surface area contributed by atoms with Crippen LogP contribution in [0.2, 0.25) is 0 Å². The van der Waals surface area contributed by atoms with Crippen molar-refractivity contribution in [1.82, 2.24) is 9.97 Å². The molecule has 1 aromatic carbocycles. The largest absolute Gasteiger partial charge is 0.373 e. The molecule has 0 saturated heterocycles. The fourth-order valence-corrected chi connectivity index (χ4v) is 2.43. The Morgan fingerprint density at radius 3 is 2.70 bits per heavy atom. The molecule has 1 N–H and O–H groups in total. The number of rotatable bonds is 5. The summed E-state index contributed by atoms with van der Waals surface area (Å²) in [5.74, 6) is 1.90. The average Bonchev–Trinajstić information content (AvgIpc) is 2.46. The van der Waals surface area contributed by atoms with Crippen molar-refractivity contribution in [1.29, 1.82) is 0 Å². The van der Waals surface area contributed by atoms with Gasteiger partial charge in [-0.25, -0.2) is 9.97 Å². The first kappa shape index (κ1) is 14.3. The zero-order chi connectivity index (χ0) is 14.5. The van der Waals surface area contributed by atoms with E-state index in [9.17, 15) is 0 Å². The van der Waals surface area contributed by atoms with Gasteiger partial charge in [0.15, 0.2) is 0 Å². The lowest BCUT2D eigenvalue weighted by Gasteiger charge is -2.22. The monoisotopic (exact) mass is 270 g/mol. The SMILES string of the molecule is CCc1c(NC)ncnc1N(C)Cc1cccc(C)c1. The molecular formula is C16H22N4. The van der Waals surface area contributed by atoms with Crippen LogP contribution in [0.1, 0.15) is 23.6 Å². The lowest BCUT2D eigenvalue weighted by Crippen LogP contribution is -2.20. The van der Waals surface area contributed by atoms with Gasteiger partial charge in [-0.05, 0) is 18.9 Å². The Bertz CT molecular complexity index is 580. The van der Waals surface area contributed by atoms with E-state index in [-0.39, 0.29) is 0 Å². The molecule has 4 nitrogen and oxygen atoms in total. The average molecular weight is 270 g/mol. The van der Waals surface area contributed by atoms with Crippen LogP contribution >= 0.6 is 0 Å². The van der Waals surface area contributed by atoms with Crippen LogP contribution in [-0.4, -0.2) is 24.1 Å². The van der Waals surface area contributed by atoms with Crippen LogP contribution < -0.4 is 10.2 Å². The van der Waals surface area contributed by atoms with Crippen LogP contribution in [0.4, 0.5) is 11.6 Å². The van der Waals surface area contributed by atoms with E-state index in [0.29, 0.717) is 0 Å². The van der Waals surface area contributed by atoms with Crippen LogP contribution in [0.5, 0.6) is 0 Å². The summed E-state index contributed by atoms with van der Waals surface area (Å²) in [7, 11) is 3.97. The van der Waals surface area contributed by atoms with E-state index >= 15 is 0 Å². The van der Waals surface area contributed by atoms with Gasteiger partial charge in [-0.2, -0.15) is 0 Å². The fraction of sp³-hybridized carbons (Fsp3) is 0.375. The smallest absolute Gasteiger partial charge is 0.137 e. The predicted octanol–water partition coefficient (Wildman–Crippen LogP) is 3.03. The van der Waals surface area contributed by atoms with Crippen molar-refractivity contribution in [2.45, 2.75) is 26.8 Å². The van der Waals surface area contributed by atoms with Gasteiger partial charge in [0, 0.05) is 26.2 Å². The Kier molecular flexibility index (Phi) is 4.56. The predicted molar refractivity (Wildman–Crippen MR) is 84.2 cm³/mol. The lowest BCUT2D eigenvalue weighted by atomic mass is 10.1. The Balaban J connectivity index is 2.27. The van der Waals surface area contributed by atoms with Gasteiger partial charge in [-0.3, -0.25) is 0 Å². The summed E-state index contributed by atoms with van der Waals surface area (Å²) < 4.78 is 0. The van der Waals surface area contributed by atoms with Gasteiger partial charge < -0.3 is 10.2 Å². The first-order valence-corrected chi connectivity index (χ1v) is 6.94. The highest BCUT2D eigenvalue weighted by Crippen LogP contribution is 2.24. The van der Waals surface area contributed by atoms with Crippen molar-refractivity contribution in [3.05, 3.63) is 47.3 Å². The van der Waals surface area contributed by atoms with Crippen molar-refractivity contribution < 1.29 is 0 Å². The summed E-state index contributed by atoms with van der Waals surface area (Å²) in [4.78, 5) is 10.9. The van der Waals surface area contributed by atoms with Gasteiger partial charge in [0.05, 0.1) is 0 Å². The Morgan fingerprint density at radius 1 is 1.25 bits per heavy atom. The summed E-state index contributed by atoms with van der Waals surface area (Å²) in [5, 5.41) is 3.14. The molecule has 0 aliphatic rings. The van der Waals surface area contributed by atoms with Crippen LogP contribution in [0.25, 0.3) is 0 Å². The van der Waals surface area contributed by atoms with Gasteiger partial charge in [0.2, 0.25) is 0 Å². The topological polar surface area (TPSA) is 41.1 Å². The Labute approximate surface area is 120 Å². The van der Waals surface area contributed by atoms with Crippen molar-refractivity contribution in [3.8, 4) is 0 Å². The number of hydrogen-bond acceptors (Lipinski definition) is 4. The van der Waals surface area contributed by atoms with E-state index in [1.54, 1.807) is 6.33 Å². The quantitative estimate of drug-likeness (QED) is 0.906. The molecule has 1 aromatic heterocycles. The molecular weight excluding hydrogens is 248 g/mol. The standard InChI is InChI=1S/C16H22N4/c1-5-14-15(17-3)18-11-19-16(14)20(4)10-13-8-6-7-12(2)9-13/h6-9,11H,5,10H2,1-4H3,(H,17,18,19). The molecule has 106 valence electrons. The molecule has 20 heavy (non-hydrogen) atoms. The molecule has 0 bridgehead atoms. The third-order valence-electron chi connectivity index (χ3n) is 3.38. The van der Waals surface area contributed by atoms with Crippen LogP contribution in [0.15, 0.2) is 30.6 Å². The molecule has 0 fully saturated rings.